The Balaban J connectivity index is 0. The van der Waals surface area contributed by atoms with Crippen LogP contribution in [0.25, 0.3) is 0 Å². The second kappa shape index (κ2) is 10.1. The van der Waals surface area contributed by atoms with E-state index in [1.165, 1.54) is 6.08 Å². The summed E-state index contributed by atoms with van der Waals surface area (Å²) in [5.74, 6) is 0.371. The molecule has 0 aromatic rings. The summed E-state index contributed by atoms with van der Waals surface area (Å²) in [6, 6.07) is 0.00426. The van der Waals surface area contributed by atoms with Gasteiger partial charge in [-0.1, -0.05) is 32.4 Å². The Morgan fingerprint density at radius 1 is 1.39 bits per heavy atom. The summed E-state index contributed by atoms with van der Waals surface area (Å²) in [6.07, 6.45) is 9.52. The Labute approximate surface area is 119 Å². The first kappa shape index (κ1) is 19.5. The van der Waals surface area contributed by atoms with E-state index in [0.717, 1.165) is 6.42 Å². The predicted molar refractivity (Wildman–Crippen MR) is 68.4 cm³/mol. The van der Waals surface area contributed by atoms with Crippen LogP contribution >= 0.6 is 0 Å². The van der Waals surface area contributed by atoms with Crippen molar-refractivity contribution in [2.75, 3.05) is 6.61 Å². The summed E-state index contributed by atoms with van der Waals surface area (Å²) in [5.41, 5.74) is 0.629. The SMILES string of the molecule is CCC(C)C(CO)N/C=C1/C=CC=CC1=O.O.[Cu]. The summed E-state index contributed by atoms with van der Waals surface area (Å²) in [7, 11) is 0. The molecule has 1 rings (SSSR count). The van der Waals surface area contributed by atoms with Crippen molar-refractivity contribution in [3.05, 3.63) is 36.1 Å². The fourth-order valence-corrected chi connectivity index (χ4v) is 1.48. The number of nitrogens with one attached hydrogen (secondary N) is 1. The van der Waals surface area contributed by atoms with E-state index in [0.29, 0.717) is 11.5 Å². The molecule has 1 aliphatic carbocycles. The zero-order valence-electron chi connectivity index (χ0n) is 10.6. The van der Waals surface area contributed by atoms with Crippen molar-refractivity contribution in [1.29, 1.82) is 0 Å². The van der Waals surface area contributed by atoms with E-state index in [-0.39, 0.29) is 41.0 Å². The van der Waals surface area contributed by atoms with E-state index in [4.69, 9.17) is 0 Å². The summed E-state index contributed by atoms with van der Waals surface area (Å²) >= 11 is 0. The van der Waals surface area contributed by atoms with Gasteiger partial charge in [0, 0.05) is 28.8 Å². The van der Waals surface area contributed by atoms with E-state index in [1.807, 2.05) is 6.08 Å². The van der Waals surface area contributed by atoms with Gasteiger partial charge in [0.2, 0.25) is 0 Å². The average Bonchev–Trinajstić information content (AvgIpc) is 2.31. The van der Waals surface area contributed by atoms with Crippen LogP contribution in [-0.4, -0.2) is 29.0 Å². The van der Waals surface area contributed by atoms with Gasteiger partial charge in [-0.25, -0.2) is 0 Å². The van der Waals surface area contributed by atoms with Crippen molar-refractivity contribution in [2.24, 2.45) is 5.92 Å². The Bertz CT molecular complexity index is 337. The Morgan fingerprint density at radius 2 is 2.00 bits per heavy atom. The first-order valence-corrected chi connectivity index (χ1v) is 5.65. The number of carbonyl (C=O) groups is 1. The molecular weight excluding hydrogens is 282 g/mol. The molecule has 4 nitrogen and oxygen atoms in total. The molecule has 0 spiro atoms. The van der Waals surface area contributed by atoms with Gasteiger partial charge in [0.15, 0.2) is 5.78 Å². The van der Waals surface area contributed by atoms with E-state index >= 15 is 0 Å². The Hall–Kier alpha value is -0.871. The number of allylic oxidation sites excluding steroid dienone is 5. The molecule has 4 N–H and O–H groups in total. The largest absolute Gasteiger partial charge is 0.412 e. The zero-order valence-corrected chi connectivity index (χ0v) is 11.6. The molecule has 1 aliphatic rings. The first-order chi connectivity index (χ1) is 7.69. The summed E-state index contributed by atoms with van der Waals surface area (Å²) in [4.78, 5) is 11.4. The van der Waals surface area contributed by atoms with E-state index in [2.05, 4.69) is 19.2 Å². The molecule has 0 aliphatic heterocycles. The molecule has 0 amide bonds. The van der Waals surface area contributed by atoms with Gasteiger partial charge in [0.25, 0.3) is 0 Å². The number of hydrogen-bond acceptors (Lipinski definition) is 3. The number of rotatable bonds is 5. The van der Waals surface area contributed by atoms with E-state index < -0.39 is 0 Å². The molecule has 107 valence electrons. The molecule has 18 heavy (non-hydrogen) atoms. The van der Waals surface area contributed by atoms with Gasteiger partial charge in [-0.2, -0.15) is 0 Å². The fourth-order valence-electron chi connectivity index (χ4n) is 1.48. The quantitative estimate of drug-likeness (QED) is 0.580. The number of aliphatic hydroxyl groups is 1. The van der Waals surface area contributed by atoms with Crippen LogP contribution in [0.15, 0.2) is 36.1 Å². The molecule has 0 bridgehead atoms. The van der Waals surface area contributed by atoms with Crippen LogP contribution in [0.4, 0.5) is 0 Å². The summed E-state index contributed by atoms with van der Waals surface area (Å²) < 4.78 is 0. The monoisotopic (exact) mass is 302 g/mol. The van der Waals surface area contributed by atoms with Crippen LogP contribution in [0, 0.1) is 5.92 Å². The second-order valence-corrected chi connectivity index (χ2v) is 4.02. The van der Waals surface area contributed by atoms with Crippen LogP contribution in [0.3, 0.4) is 0 Å². The number of carbonyl (C=O) groups excluding carboxylic acids is 1. The van der Waals surface area contributed by atoms with Crippen molar-refractivity contribution < 1.29 is 32.4 Å². The average molecular weight is 303 g/mol. The molecular formula is C13H21CuNO3. The standard InChI is InChI=1S/C13H19NO2.Cu.H2O/c1-3-10(2)12(9-15)14-8-11-6-4-5-7-13(11)16;;/h4-8,10,12,14-15H,3,9H2,1-2H3;;1H2/b11-8-;;. The Kier molecular flexibility index (Phi) is 10.9. The molecule has 2 atom stereocenters. The van der Waals surface area contributed by atoms with Crippen LogP contribution in [0.1, 0.15) is 20.3 Å². The normalized spacial score (nSPS) is 18.8. The first-order valence-electron chi connectivity index (χ1n) is 5.65. The fraction of sp³-hybridized carbons (Fsp3) is 0.462. The summed E-state index contributed by atoms with van der Waals surface area (Å²) in [5, 5.41) is 12.3. The minimum Gasteiger partial charge on any atom is -0.412 e. The van der Waals surface area contributed by atoms with Crippen molar-refractivity contribution in [3.63, 3.8) is 0 Å². The van der Waals surface area contributed by atoms with Gasteiger partial charge in [-0.05, 0) is 18.1 Å². The molecule has 0 saturated heterocycles. The Morgan fingerprint density at radius 3 is 2.50 bits per heavy atom. The van der Waals surface area contributed by atoms with Gasteiger partial charge in [0.05, 0.1) is 12.6 Å². The third-order valence-corrected chi connectivity index (χ3v) is 2.90. The van der Waals surface area contributed by atoms with E-state index in [1.54, 1.807) is 18.4 Å². The van der Waals surface area contributed by atoms with Gasteiger partial charge in [0.1, 0.15) is 0 Å². The number of hydrogen-bond donors (Lipinski definition) is 2. The molecule has 0 aromatic carbocycles. The van der Waals surface area contributed by atoms with Crippen LogP contribution in [0.2, 0.25) is 0 Å². The maximum atomic E-state index is 11.4. The smallest absolute Gasteiger partial charge is 0.187 e. The van der Waals surface area contributed by atoms with Crippen molar-refractivity contribution in [3.8, 4) is 0 Å². The summed E-state index contributed by atoms with van der Waals surface area (Å²) in [6.45, 7) is 4.23. The van der Waals surface area contributed by atoms with Gasteiger partial charge < -0.3 is 15.9 Å². The zero-order chi connectivity index (χ0) is 12.0. The number of aliphatic hydroxyl groups excluding tert-OH is 1. The molecule has 5 heteroatoms. The van der Waals surface area contributed by atoms with Gasteiger partial charge in [-0.15, -0.1) is 0 Å². The molecule has 1 radical (unpaired) electrons. The molecule has 0 saturated carbocycles. The van der Waals surface area contributed by atoms with Crippen molar-refractivity contribution in [1.82, 2.24) is 5.32 Å². The van der Waals surface area contributed by atoms with Crippen LogP contribution in [-0.2, 0) is 21.9 Å². The third-order valence-electron chi connectivity index (χ3n) is 2.90. The maximum Gasteiger partial charge on any atom is 0.187 e. The second-order valence-electron chi connectivity index (χ2n) is 4.02. The van der Waals surface area contributed by atoms with Gasteiger partial charge >= 0.3 is 0 Å². The van der Waals surface area contributed by atoms with E-state index in [9.17, 15) is 9.90 Å². The van der Waals surface area contributed by atoms with Crippen LogP contribution < -0.4 is 5.32 Å². The third kappa shape index (κ3) is 5.65. The maximum absolute atomic E-state index is 11.4. The minimum absolute atomic E-state index is 0. The minimum atomic E-state index is -0.00385. The molecule has 2 unspecified atom stereocenters. The molecule has 0 aromatic heterocycles. The number of ketones is 1. The van der Waals surface area contributed by atoms with Gasteiger partial charge in [-0.3, -0.25) is 4.79 Å². The van der Waals surface area contributed by atoms with Crippen molar-refractivity contribution in [2.45, 2.75) is 26.3 Å². The topological polar surface area (TPSA) is 80.8 Å². The molecule has 0 fully saturated rings. The van der Waals surface area contributed by atoms with Crippen molar-refractivity contribution >= 4 is 5.78 Å². The predicted octanol–water partition coefficient (Wildman–Crippen LogP) is 0.735. The van der Waals surface area contributed by atoms with Crippen LogP contribution in [0.5, 0.6) is 0 Å². The molecule has 0 heterocycles.